The first kappa shape index (κ1) is 30.9. The fraction of sp³-hybridized carbons (Fsp3) is 0.0196. The zero-order chi connectivity index (χ0) is 35.3. The van der Waals surface area contributed by atoms with Gasteiger partial charge in [-0.05, 0) is 92.0 Å². The van der Waals surface area contributed by atoms with Crippen LogP contribution in [0.1, 0.15) is 0 Å². The van der Waals surface area contributed by atoms with E-state index >= 15 is 0 Å². The third kappa shape index (κ3) is 5.19. The van der Waals surface area contributed by atoms with E-state index in [-0.39, 0.29) is 0 Å². The molecule has 0 unspecified atom stereocenters. The average Bonchev–Trinajstić information content (AvgIpc) is 3.55. The second-order valence-electron chi connectivity index (χ2n) is 13.8. The van der Waals surface area contributed by atoms with Crippen LogP contribution in [0.2, 0.25) is 0 Å². The number of anilines is 3. The Kier molecular flexibility index (Phi) is 7.40. The lowest BCUT2D eigenvalue weighted by atomic mass is 9.93. The summed E-state index contributed by atoms with van der Waals surface area (Å²) in [5.74, 6) is 0. The molecule has 9 aromatic carbocycles. The molecule has 1 aromatic heterocycles. The van der Waals surface area contributed by atoms with Crippen LogP contribution >= 0.6 is 0 Å². The molecule has 0 fully saturated rings. The van der Waals surface area contributed by atoms with Gasteiger partial charge in [0.2, 0.25) is 0 Å². The summed E-state index contributed by atoms with van der Waals surface area (Å²) in [5, 5.41) is 7.81. The van der Waals surface area contributed by atoms with Gasteiger partial charge in [0.15, 0.2) is 0 Å². The Morgan fingerprint density at radius 3 is 1.55 bits per heavy atom. The number of benzene rings is 9. The maximum absolute atomic E-state index is 2.38. The fourth-order valence-electron chi connectivity index (χ4n) is 8.29. The number of nitrogens with zero attached hydrogens (tertiary/aromatic N) is 2. The van der Waals surface area contributed by atoms with E-state index in [1.54, 1.807) is 0 Å². The molecule has 0 bridgehead atoms. The summed E-state index contributed by atoms with van der Waals surface area (Å²) in [4.78, 5) is 2.33. The molecule has 250 valence electrons. The maximum Gasteiger partial charge on any atom is 0.0575 e. The standard InChI is InChI=1S/C51H36N2/c1-52-48-25-13-24-43(49(48)50-46-22-10-8-20-44(46)45-21-9-11-23-47(45)51(50)52)38-28-26-36(27-29-38)37-30-32-41(33-31-37)53(40-17-6-3-7-18-40)42-19-12-16-39(34-42)35-14-4-2-5-15-35/h2-34H,1H3. The lowest BCUT2D eigenvalue weighted by molar-refractivity contribution is 1.02. The van der Waals surface area contributed by atoms with E-state index in [4.69, 9.17) is 0 Å². The van der Waals surface area contributed by atoms with Crippen LogP contribution < -0.4 is 4.90 Å². The van der Waals surface area contributed by atoms with Crippen LogP contribution in [0.3, 0.4) is 0 Å². The van der Waals surface area contributed by atoms with Gasteiger partial charge in [-0.2, -0.15) is 0 Å². The molecular formula is C51H36N2. The minimum absolute atomic E-state index is 1.11. The molecule has 0 saturated carbocycles. The first-order valence-corrected chi connectivity index (χ1v) is 18.2. The van der Waals surface area contributed by atoms with Crippen molar-refractivity contribution >= 4 is 60.4 Å². The monoisotopic (exact) mass is 676 g/mol. The topological polar surface area (TPSA) is 8.17 Å². The van der Waals surface area contributed by atoms with Crippen molar-refractivity contribution in [2.24, 2.45) is 7.05 Å². The summed E-state index contributed by atoms with van der Waals surface area (Å²) in [6.45, 7) is 0. The Labute approximate surface area is 309 Å². The highest BCUT2D eigenvalue weighted by Crippen LogP contribution is 2.44. The van der Waals surface area contributed by atoms with Crippen LogP contribution in [0.5, 0.6) is 0 Å². The molecule has 0 spiro atoms. The van der Waals surface area contributed by atoms with Gasteiger partial charge in [-0.1, -0.05) is 158 Å². The number of fused-ring (bicyclic) bond motifs is 8. The van der Waals surface area contributed by atoms with Crippen molar-refractivity contribution < 1.29 is 0 Å². The molecule has 2 heteroatoms. The van der Waals surface area contributed by atoms with E-state index in [0.717, 1.165) is 17.1 Å². The van der Waals surface area contributed by atoms with Gasteiger partial charge >= 0.3 is 0 Å². The van der Waals surface area contributed by atoms with E-state index in [0.29, 0.717) is 0 Å². The van der Waals surface area contributed by atoms with Crippen LogP contribution in [0, 0.1) is 0 Å². The minimum Gasteiger partial charge on any atom is -0.343 e. The summed E-state index contributed by atoms with van der Waals surface area (Å²) in [5.41, 5.74) is 13.2. The smallest absolute Gasteiger partial charge is 0.0575 e. The second-order valence-corrected chi connectivity index (χ2v) is 13.8. The van der Waals surface area contributed by atoms with Crippen molar-refractivity contribution in [3.05, 3.63) is 200 Å². The molecule has 10 aromatic rings. The van der Waals surface area contributed by atoms with Gasteiger partial charge in [-0.25, -0.2) is 0 Å². The van der Waals surface area contributed by atoms with Gasteiger partial charge in [0, 0.05) is 45.8 Å². The van der Waals surface area contributed by atoms with Crippen molar-refractivity contribution in [3.8, 4) is 33.4 Å². The van der Waals surface area contributed by atoms with Gasteiger partial charge in [0.1, 0.15) is 0 Å². The van der Waals surface area contributed by atoms with Gasteiger partial charge in [-0.3, -0.25) is 0 Å². The maximum atomic E-state index is 2.38. The Morgan fingerprint density at radius 1 is 0.340 bits per heavy atom. The summed E-state index contributed by atoms with van der Waals surface area (Å²) < 4.78 is 2.38. The van der Waals surface area contributed by atoms with Crippen LogP contribution in [-0.4, -0.2) is 4.57 Å². The Morgan fingerprint density at radius 2 is 0.830 bits per heavy atom. The van der Waals surface area contributed by atoms with Crippen molar-refractivity contribution in [2.45, 2.75) is 0 Å². The van der Waals surface area contributed by atoms with Crippen LogP contribution in [0.25, 0.3) is 76.7 Å². The van der Waals surface area contributed by atoms with Gasteiger partial charge in [0.05, 0.1) is 5.52 Å². The van der Waals surface area contributed by atoms with Crippen LogP contribution in [0.15, 0.2) is 200 Å². The van der Waals surface area contributed by atoms with Crippen molar-refractivity contribution in [1.29, 1.82) is 0 Å². The summed E-state index contributed by atoms with van der Waals surface area (Å²) in [7, 11) is 2.21. The lowest BCUT2D eigenvalue weighted by Gasteiger charge is -2.26. The first-order valence-electron chi connectivity index (χ1n) is 18.2. The second kappa shape index (κ2) is 12.7. The van der Waals surface area contributed by atoms with Crippen LogP contribution in [0.4, 0.5) is 17.1 Å². The highest BCUT2D eigenvalue weighted by molar-refractivity contribution is 6.33. The Balaban J connectivity index is 1.04. The third-order valence-corrected chi connectivity index (χ3v) is 10.8. The molecule has 1 heterocycles. The normalized spacial score (nSPS) is 11.5. The zero-order valence-corrected chi connectivity index (χ0v) is 29.4. The molecule has 0 saturated heterocycles. The highest BCUT2D eigenvalue weighted by atomic mass is 15.1. The quantitative estimate of drug-likeness (QED) is 0.159. The molecule has 0 aliphatic rings. The summed E-state index contributed by atoms with van der Waals surface area (Å²) >= 11 is 0. The van der Waals surface area contributed by atoms with E-state index < -0.39 is 0 Å². The SMILES string of the molecule is Cn1c2cccc(-c3ccc(-c4ccc(N(c5ccccc5)c5cccc(-c6ccccc6)c5)cc4)cc3)c2c2c3ccccc3c3ccccc3c21. The average molecular weight is 677 g/mol. The van der Waals surface area contributed by atoms with E-state index in [9.17, 15) is 0 Å². The van der Waals surface area contributed by atoms with Crippen molar-refractivity contribution in [1.82, 2.24) is 4.57 Å². The number of rotatable bonds is 6. The number of hydrogen-bond donors (Lipinski definition) is 0. The van der Waals surface area contributed by atoms with Crippen LogP contribution in [-0.2, 0) is 7.05 Å². The molecule has 2 nitrogen and oxygen atoms in total. The van der Waals surface area contributed by atoms with Gasteiger partial charge in [-0.15, -0.1) is 0 Å². The molecular weight excluding hydrogens is 641 g/mol. The summed E-state index contributed by atoms with van der Waals surface area (Å²) in [6, 6.07) is 72.4. The van der Waals surface area contributed by atoms with Crippen molar-refractivity contribution in [3.63, 3.8) is 0 Å². The first-order chi connectivity index (χ1) is 26.2. The predicted octanol–water partition coefficient (Wildman–Crippen LogP) is 14.1. The number of aryl methyl sites for hydroxylation is 1. The molecule has 0 radical (unpaired) electrons. The molecule has 0 N–H and O–H groups in total. The van der Waals surface area contributed by atoms with E-state index in [2.05, 4.69) is 217 Å². The molecule has 0 aliphatic heterocycles. The zero-order valence-electron chi connectivity index (χ0n) is 29.4. The number of para-hydroxylation sites is 1. The molecule has 10 rings (SSSR count). The Bertz CT molecular complexity index is 2920. The minimum atomic E-state index is 1.11. The number of hydrogen-bond acceptors (Lipinski definition) is 1. The fourth-order valence-corrected chi connectivity index (χ4v) is 8.29. The third-order valence-electron chi connectivity index (χ3n) is 10.8. The largest absolute Gasteiger partial charge is 0.343 e. The molecule has 0 amide bonds. The predicted molar refractivity (Wildman–Crippen MR) is 226 cm³/mol. The lowest BCUT2D eigenvalue weighted by Crippen LogP contribution is -2.09. The van der Waals surface area contributed by atoms with Gasteiger partial charge in [0.25, 0.3) is 0 Å². The van der Waals surface area contributed by atoms with E-state index in [1.807, 2.05) is 0 Å². The van der Waals surface area contributed by atoms with Gasteiger partial charge < -0.3 is 9.47 Å². The summed E-state index contributed by atoms with van der Waals surface area (Å²) in [6.07, 6.45) is 0. The molecule has 0 atom stereocenters. The Hall–Kier alpha value is -6.90. The highest BCUT2D eigenvalue weighted by Gasteiger charge is 2.19. The van der Waals surface area contributed by atoms with Crippen molar-refractivity contribution in [2.75, 3.05) is 4.90 Å². The molecule has 0 aliphatic carbocycles. The van der Waals surface area contributed by atoms with E-state index in [1.165, 1.54) is 76.7 Å². The number of aromatic nitrogens is 1. The molecule has 53 heavy (non-hydrogen) atoms.